The van der Waals surface area contributed by atoms with E-state index in [4.69, 9.17) is 4.74 Å². The molecule has 4 nitrogen and oxygen atoms in total. The lowest BCUT2D eigenvalue weighted by Gasteiger charge is -2.42. The third-order valence-electron chi connectivity index (χ3n) is 4.86. The number of thioether (sulfide) groups is 1. The van der Waals surface area contributed by atoms with Gasteiger partial charge in [0.1, 0.15) is 5.54 Å². The first-order chi connectivity index (χ1) is 12.1. The number of carbonyl (C=O) groups is 2. The molecular formula is C20H19NO3S. The number of carbonyl (C=O) groups excluding carboxylic acids is 2. The molecule has 2 aliphatic heterocycles. The van der Waals surface area contributed by atoms with Crippen LogP contribution in [-0.2, 0) is 14.3 Å². The van der Waals surface area contributed by atoms with Crippen LogP contribution in [0.5, 0.6) is 0 Å². The maximum atomic E-state index is 13.0. The fraction of sp³-hybridized carbons (Fsp3) is 0.300. The second-order valence-electron chi connectivity index (χ2n) is 6.61. The number of esters is 1. The third-order valence-corrected chi connectivity index (χ3v) is 6.35. The van der Waals surface area contributed by atoms with Crippen LogP contribution in [0.3, 0.4) is 0 Å². The van der Waals surface area contributed by atoms with Gasteiger partial charge in [0, 0.05) is 5.75 Å². The van der Waals surface area contributed by atoms with E-state index in [1.54, 1.807) is 16.7 Å². The van der Waals surface area contributed by atoms with Gasteiger partial charge in [-0.1, -0.05) is 60.7 Å². The van der Waals surface area contributed by atoms with Crippen LogP contribution in [0.2, 0.25) is 0 Å². The highest BCUT2D eigenvalue weighted by molar-refractivity contribution is 8.00. The molecule has 0 bridgehead atoms. The minimum Gasteiger partial charge on any atom is -0.451 e. The number of nitrogens with zero attached hydrogens (tertiary/aromatic N) is 1. The average molecular weight is 353 g/mol. The van der Waals surface area contributed by atoms with Crippen molar-refractivity contribution >= 4 is 23.6 Å². The molecule has 128 valence electrons. The van der Waals surface area contributed by atoms with Gasteiger partial charge in [0.25, 0.3) is 0 Å². The van der Waals surface area contributed by atoms with Crippen molar-refractivity contribution in [1.82, 2.24) is 4.90 Å². The summed E-state index contributed by atoms with van der Waals surface area (Å²) in [4.78, 5) is 26.7. The smallest absolute Gasteiger partial charge is 0.333 e. The molecule has 0 N–H and O–H groups in total. The van der Waals surface area contributed by atoms with Gasteiger partial charge in [0.05, 0.1) is 11.8 Å². The highest BCUT2D eigenvalue weighted by Crippen LogP contribution is 2.46. The van der Waals surface area contributed by atoms with Crippen LogP contribution in [-0.4, -0.2) is 33.4 Å². The second-order valence-corrected chi connectivity index (χ2v) is 7.78. The molecule has 0 aromatic heterocycles. The number of rotatable bonds is 4. The highest BCUT2D eigenvalue weighted by Gasteiger charge is 2.58. The predicted molar refractivity (Wildman–Crippen MR) is 96.9 cm³/mol. The van der Waals surface area contributed by atoms with Crippen LogP contribution in [0.1, 0.15) is 30.6 Å². The fourth-order valence-electron chi connectivity index (χ4n) is 3.42. The molecule has 25 heavy (non-hydrogen) atoms. The van der Waals surface area contributed by atoms with E-state index >= 15 is 0 Å². The summed E-state index contributed by atoms with van der Waals surface area (Å²) in [5.41, 5.74) is 0.956. The van der Waals surface area contributed by atoms with E-state index < -0.39 is 11.6 Å². The molecule has 2 fully saturated rings. The van der Waals surface area contributed by atoms with E-state index in [9.17, 15) is 9.59 Å². The van der Waals surface area contributed by atoms with Crippen molar-refractivity contribution in [3.05, 3.63) is 71.8 Å². The number of amides is 1. The number of hydrogen-bond donors (Lipinski definition) is 0. The summed E-state index contributed by atoms with van der Waals surface area (Å²) < 4.78 is 5.96. The van der Waals surface area contributed by atoms with Crippen molar-refractivity contribution in [2.75, 3.05) is 5.75 Å². The van der Waals surface area contributed by atoms with Gasteiger partial charge in [0.15, 0.2) is 6.10 Å². The van der Waals surface area contributed by atoms with Gasteiger partial charge in [-0.05, 0) is 18.1 Å². The first-order valence-electron chi connectivity index (χ1n) is 8.34. The molecule has 2 aromatic rings. The Bertz CT molecular complexity index is 756. The third kappa shape index (κ3) is 2.72. The van der Waals surface area contributed by atoms with E-state index in [1.165, 1.54) is 0 Å². The van der Waals surface area contributed by atoms with Crippen molar-refractivity contribution in [2.45, 2.75) is 30.4 Å². The van der Waals surface area contributed by atoms with Crippen molar-refractivity contribution in [2.24, 2.45) is 0 Å². The van der Waals surface area contributed by atoms with Crippen molar-refractivity contribution in [1.29, 1.82) is 0 Å². The normalized spacial score (nSPS) is 24.8. The lowest BCUT2D eigenvalue weighted by atomic mass is 9.96. The number of hydrogen-bond acceptors (Lipinski definition) is 4. The Morgan fingerprint density at radius 2 is 1.68 bits per heavy atom. The largest absolute Gasteiger partial charge is 0.451 e. The minimum absolute atomic E-state index is 0.0328. The number of benzene rings is 2. The first-order valence-corrected chi connectivity index (χ1v) is 9.39. The summed E-state index contributed by atoms with van der Waals surface area (Å²) in [7, 11) is 0. The maximum absolute atomic E-state index is 13.0. The molecule has 1 amide bonds. The van der Waals surface area contributed by atoms with Gasteiger partial charge >= 0.3 is 5.97 Å². The first kappa shape index (κ1) is 16.2. The van der Waals surface area contributed by atoms with Gasteiger partial charge in [-0.25, -0.2) is 4.79 Å². The van der Waals surface area contributed by atoms with E-state index in [0.717, 1.165) is 11.1 Å². The Morgan fingerprint density at radius 3 is 2.20 bits per heavy atom. The van der Waals surface area contributed by atoms with E-state index in [0.29, 0.717) is 12.2 Å². The molecule has 0 spiro atoms. The Hall–Kier alpha value is -2.27. The van der Waals surface area contributed by atoms with E-state index in [1.807, 2.05) is 67.6 Å². The van der Waals surface area contributed by atoms with Crippen LogP contribution in [0.4, 0.5) is 0 Å². The van der Waals surface area contributed by atoms with E-state index in [-0.39, 0.29) is 17.3 Å². The summed E-state index contributed by atoms with van der Waals surface area (Å²) >= 11 is 1.65. The summed E-state index contributed by atoms with van der Waals surface area (Å²) in [6.07, 6.45) is 0.0427. The molecule has 2 heterocycles. The molecular weight excluding hydrogens is 334 g/mol. The predicted octanol–water partition coefficient (Wildman–Crippen LogP) is 3.38. The zero-order valence-electron chi connectivity index (χ0n) is 13.9. The Kier molecular flexibility index (Phi) is 4.04. The number of ether oxygens (including phenoxy) is 1. The second kappa shape index (κ2) is 6.23. The Balaban J connectivity index is 1.63. The minimum atomic E-state index is -0.882. The van der Waals surface area contributed by atoms with Crippen LogP contribution in [0, 0.1) is 0 Å². The molecule has 5 heteroatoms. The molecule has 2 unspecified atom stereocenters. The molecule has 2 atom stereocenters. The summed E-state index contributed by atoms with van der Waals surface area (Å²) in [5, 5.41) is 0.122. The van der Waals surface area contributed by atoms with Gasteiger partial charge in [-0.15, -0.1) is 11.8 Å². The van der Waals surface area contributed by atoms with Crippen molar-refractivity contribution in [3.63, 3.8) is 0 Å². The monoisotopic (exact) mass is 353 g/mol. The number of β-lactam (4-membered cyclic amide) rings is 1. The highest BCUT2D eigenvalue weighted by atomic mass is 32.2. The summed E-state index contributed by atoms with van der Waals surface area (Å²) in [5.74, 6) is 0.275. The molecule has 0 aliphatic carbocycles. The quantitative estimate of drug-likeness (QED) is 0.624. The topological polar surface area (TPSA) is 46.6 Å². The summed E-state index contributed by atoms with van der Waals surface area (Å²) in [6, 6.07) is 19.4. The lowest BCUT2D eigenvalue weighted by molar-refractivity contribution is -0.170. The molecule has 2 aliphatic rings. The molecule has 0 saturated carbocycles. The van der Waals surface area contributed by atoms with Crippen LogP contribution in [0.25, 0.3) is 0 Å². The SMILES string of the molecule is CC1(C(=O)OC(c2ccccc2)c2ccccc2)CSC2CC(=O)N21. The summed E-state index contributed by atoms with van der Waals surface area (Å²) in [6.45, 7) is 1.81. The van der Waals surface area contributed by atoms with E-state index in [2.05, 4.69) is 0 Å². The average Bonchev–Trinajstić information content (AvgIpc) is 2.92. The zero-order valence-corrected chi connectivity index (χ0v) is 14.7. The van der Waals surface area contributed by atoms with Gasteiger partial charge in [0.2, 0.25) is 5.91 Å². The fourth-order valence-corrected chi connectivity index (χ4v) is 4.95. The van der Waals surface area contributed by atoms with Crippen LogP contribution >= 0.6 is 11.8 Å². The maximum Gasteiger partial charge on any atom is 0.333 e. The van der Waals surface area contributed by atoms with Gasteiger partial charge < -0.3 is 9.64 Å². The zero-order chi connectivity index (χ0) is 17.4. The standard InChI is InChI=1S/C20H19NO3S/c1-20(13-25-17-12-16(22)21(17)20)19(23)24-18(14-8-4-2-5-9-14)15-10-6-3-7-11-15/h2-11,17-18H,12-13H2,1H3. The van der Waals surface area contributed by atoms with Crippen molar-refractivity contribution < 1.29 is 14.3 Å². The lowest BCUT2D eigenvalue weighted by Crippen LogP contribution is -2.61. The van der Waals surface area contributed by atoms with Crippen LogP contribution < -0.4 is 0 Å². The molecule has 2 aromatic carbocycles. The molecule has 2 saturated heterocycles. The van der Waals surface area contributed by atoms with Gasteiger partial charge in [-0.3, -0.25) is 4.79 Å². The molecule has 4 rings (SSSR count). The number of fused-ring (bicyclic) bond motifs is 1. The van der Waals surface area contributed by atoms with Crippen molar-refractivity contribution in [3.8, 4) is 0 Å². The Labute approximate surface area is 151 Å². The molecule has 0 radical (unpaired) electrons. The van der Waals surface area contributed by atoms with Crippen LogP contribution in [0.15, 0.2) is 60.7 Å². The van der Waals surface area contributed by atoms with Gasteiger partial charge in [-0.2, -0.15) is 0 Å². The Morgan fingerprint density at radius 1 is 1.12 bits per heavy atom.